The van der Waals surface area contributed by atoms with Gasteiger partial charge in [-0.1, -0.05) is 11.7 Å². The zero-order valence-electron chi connectivity index (χ0n) is 16.5. The molecule has 3 atom stereocenters. The van der Waals surface area contributed by atoms with Gasteiger partial charge in [0.1, 0.15) is 5.76 Å². The molecule has 1 aliphatic carbocycles. The first kappa shape index (κ1) is 23.4. The molecule has 1 saturated carbocycles. The van der Waals surface area contributed by atoms with Gasteiger partial charge in [0.25, 0.3) is 5.91 Å². The van der Waals surface area contributed by atoms with E-state index in [2.05, 4.69) is 21.2 Å². The SMILES string of the molecule is C=C(C(=O)N1CC2CC2(c2noc(C(F)(F)F)n2)C1)/C(=C\C=C\C#N)O[C@@H](C)C(F)(F)F. The predicted molar refractivity (Wildman–Crippen MR) is 94.2 cm³/mol. The third-order valence-corrected chi connectivity index (χ3v) is 5.29. The normalized spacial score (nSPS) is 24.2. The monoisotopic (exact) mass is 462 g/mol. The summed E-state index contributed by atoms with van der Waals surface area (Å²) in [5, 5.41) is 12.0. The highest BCUT2D eigenvalue weighted by Gasteiger charge is 2.65. The number of fused-ring (bicyclic) bond motifs is 1. The molecular weight excluding hydrogens is 446 g/mol. The van der Waals surface area contributed by atoms with Gasteiger partial charge in [0.2, 0.25) is 0 Å². The van der Waals surface area contributed by atoms with Crippen molar-refractivity contribution < 1.29 is 40.4 Å². The van der Waals surface area contributed by atoms with Gasteiger partial charge in [-0.15, -0.1) is 0 Å². The van der Waals surface area contributed by atoms with E-state index >= 15 is 0 Å². The molecule has 2 fully saturated rings. The lowest BCUT2D eigenvalue weighted by molar-refractivity contribution is -0.202. The van der Waals surface area contributed by atoms with Crippen LogP contribution in [0.4, 0.5) is 26.3 Å². The molecule has 2 heterocycles. The number of ether oxygens (including phenoxy) is 1. The maximum atomic E-state index is 12.9. The maximum Gasteiger partial charge on any atom is 0.471 e. The molecule has 0 N–H and O–H groups in total. The first-order valence-electron chi connectivity index (χ1n) is 9.19. The van der Waals surface area contributed by atoms with E-state index < -0.39 is 47.0 Å². The van der Waals surface area contributed by atoms with Crippen LogP contribution in [0.25, 0.3) is 0 Å². The Balaban J connectivity index is 1.76. The summed E-state index contributed by atoms with van der Waals surface area (Å²) in [5.41, 5.74) is -1.31. The molecule has 0 bridgehead atoms. The van der Waals surface area contributed by atoms with E-state index in [-0.39, 0.29) is 24.8 Å². The number of hydrogen-bond acceptors (Lipinski definition) is 6. The molecule has 1 saturated heterocycles. The van der Waals surface area contributed by atoms with Crippen LogP contribution < -0.4 is 0 Å². The number of aromatic nitrogens is 2. The van der Waals surface area contributed by atoms with E-state index in [0.717, 1.165) is 25.2 Å². The zero-order chi connectivity index (χ0) is 23.9. The minimum absolute atomic E-state index is 0.0531. The van der Waals surface area contributed by atoms with Gasteiger partial charge >= 0.3 is 18.2 Å². The third-order valence-electron chi connectivity index (χ3n) is 5.29. The van der Waals surface area contributed by atoms with Gasteiger partial charge in [0.05, 0.1) is 17.1 Å². The molecule has 0 aromatic carbocycles. The summed E-state index contributed by atoms with van der Waals surface area (Å²) in [6.45, 7) is 4.34. The van der Waals surface area contributed by atoms with E-state index in [1.165, 1.54) is 4.90 Å². The number of carbonyl (C=O) groups excluding carboxylic acids is 1. The van der Waals surface area contributed by atoms with Crippen LogP contribution in [0.5, 0.6) is 0 Å². The van der Waals surface area contributed by atoms with Gasteiger partial charge in [0, 0.05) is 19.2 Å². The molecule has 7 nitrogen and oxygen atoms in total. The Labute approximate surface area is 177 Å². The summed E-state index contributed by atoms with van der Waals surface area (Å²) >= 11 is 0. The minimum atomic E-state index is -4.81. The zero-order valence-corrected chi connectivity index (χ0v) is 16.5. The molecule has 32 heavy (non-hydrogen) atoms. The Morgan fingerprint density at radius 3 is 2.66 bits per heavy atom. The van der Waals surface area contributed by atoms with Gasteiger partial charge in [-0.05, 0) is 31.4 Å². The van der Waals surface area contributed by atoms with Crippen molar-refractivity contribution in [2.24, 2.45) is 5.92 Å². The van der Waals surface area contributed by atoms with E-state index in [0.29, 0.717) is 6.42 Å². The molecule has 172 valence electrons. The number of halogens is 6. The number of hydrogen-bond donors (Lipinski definition) is 0. The summed E-state index contributed by atoms with van der Waals surface area (Å²) in [5.74, 6) is -3.14. The predicted octanol–water partition coefficient (Wildman–Crippen LogP) is 3.68. The Kier molecular flexibility index (Phi) is 5.84. The second-order valence-corrected chi connectivity index (χ2v) is 7.46. The molecule has 1 aromatic rings. The molecule has 1 aliphatic heterocycles. The average Bonchev–Trinajstić information content (AvgIpc) is 3.08. The summed E-state index contributed by atoms with van der Waals surface area (Å²) in [6.07, 6.45) is -8.27. The van der Waals surface area contributed by atoms with E-state index in [4.69, 9.17) is 10.00 Å². The highest BCUT2D eigenvalue weighted by atomic mass is 19.4. The van der Waals surface area contributed by atoms with Crippen molar-refractivity contribution in [3.8, 4) is 6.07 Å². The fraction of sp³-hybridized carbons (Fsp3) is 0.474. The molecule has 1 amide bonds. The van der Waals surface area contributed by atoms with Gasteiger partial charge in [-0.2, -0.15) is 36.6 Å². The summed E-state index contributed by atoms with van der Waals surface area (Å²) < 4.78 is 86.0. The number of nitrogens with zero attached hydrogens (tertiary/aromatic N) is 4. The lowest BCUT2D eigenvalue weighted by Gasteiger charge is -2.24. The lowest BCUT2D eigenvalue weighted by atomic mass is 10.1. The summed E-state index contributed by atoms with van der Waals surface area (Å²) in [6, 6.07) is 1.65. The molecule has 2 unspecified atom stereocenters. The Hall–Kier alpha value is -3.30. The largest absolute Gasteiger partial charge is 0.480 e. The standard InChI is InChI=1S/C19H16F6N4O3/c1-10(13(5-3-4-6-26)31-11(2)18(20,21)22)14(30)29-8-12-7-17(12,9-29)15-27-16(32-28-15)19(23,24)25/h3-5,11-12H,1,7-9H2,2H3/b4-3+,13-5+/t11-,12?,17?/m0/s1. The van der Waals surface area contributed by atoms with Crippen LogP contribution in [0.3, 0.4) is 0 Å². The molecule has 0 radical (unpaired) electrons. The average molecular weight is 462 g/mol. The second-order valence-electron chi connectivity index (χ2n) is 7.46. The van der Waals surface area contributed by atoms with Crippen molar-refractivity contribution in [3.63, 3.8) is 0 Å². The molecule has 0 spiro atoms. The van der Waals surface area contributed by atoms with E-state index in [1.54, 1.807) is 6.07 Å². The third kappa shape index (κ3) is 4.49. The molecule has 3 rings (SSSR count). The number of alkyl halides is 6. The van der Waals surface area contributed by atoms with Crippen molar-refractivity contribution in [3.05, 3.63) is 47.9 Å². The van der Waals surface area contributed by atoms with Crippen molar-refractivity contribution in [1.82, 2.24) is 15.0 Å². The van der Waals surface area contributed by atoms with E-state index in [1.807, 2.05) is 0 Å². The second kappa shape index (κ2) is 7.99. The van der Waals surface area contributed by atoms with Crippen LogP contribution >= 0.6 is 0 Å². The Morgan fingerprint density at radius 2 is 2.09 bits per heavy atom. The number of amides is 1. The van der Waals surface area contributed by atoms with Gasteiger partial charge in [-0.25, -0.2) is 0 Å². The van der Waals surface area contributed by atoms with E-state index in [9.17, 15) is 31.1 Å². The highest BCUT2D eigenvalue weighted by molar-refractivity contribution is 5.97. The summed E-state index contributed by atoms with van der Waals surface area (Å²) in [7, 11) is 0. The Bertz CT molecular complexity index is 1020. The van der Waals surface area contributed by atoms with Crippen molar-refractivity contribution in [2.45, 2.75) is 37.2 Å². The maximum absolute atomic E-state index is 12.9. The van der Waals surface area contributed by atoms with Gasteiger partial charge in [-0.3, -0.25) is 4.79 Å². The fourth-order valence-corrected chi connectivity index (χ4v) is 3.47. The van der Waals surface area contributed by atoms with Crippen LogP contribution in [-0.2, 0) is 21.1 Å². The van der Waals surface area contributed by atoms with Gasteiger partial charge < -0.3 is 14.2 Å². The van der Waals surface area contributed by atoms with Gasteiger partial charge in [0.15, 0.2) is 11.9 Å². The first-order chi connectivity index (χ1) is 14.8. The van der Waals surface area contributed by atoms with Crippen molar-refractivity contribution in [2.75, 3.05) is 13.1 Å². The number of likely N-dealkylation sites (tertiary alicyclic amines) is 1. The molecule has 1 aromatic heterocycles. The number of piperidine rings is 1. The topological polar surface area (TPSA) is 92.3 Å². The van der Waals surface area contributed by atoms with Crippen LogP contribution in [0, 0.1) is 17.2 Å². The van der Waals surface area contributed by atoms with Crippen LogP contribution in [0.1, 0.15) is 25.1 Å². The first-order valence-corrected chi connectivity index (χ1v) is 9.19. The highest BCUT2D eigenvalue weighted by Crippen LogP contribution is 2.58. The van der Waals surface area contributed by atoms with Crippen LogP contribution in [-0.4, -0.2) is 46.3 Å². The lowest BCUT2D eigenvalue weighted by Crippen LogP contribution is -2.35. The van der Waals surface area contributed by atoms with Crippen molar-refractivity contribution in [1.29, 1.82) is 5.26 Å². The number of allylic oxidation sites excluding steroid dienone is 3. The Morgan fingerprint density at radius 1 is 1.41 bits per heavy atom. The molecule has 13 heteroatoms. The number of rotatable bonds is 6. The number of carbonyl (C=O) groups is 1. The quantitative estimate of drug-likeness (QED) is 0.211. The number of nitriles is 1. The summed E-state index contributed by atoms with van der Waals surface area (Å²) in [4.78, 5) is 17.5. The van der Waals surface area contributed by atoms with Crippen LogP contribution in [0.15, 0.2) is 40.7 Å². The van der Waals surface area contributed by atoms with Crippen molar-refractivity contribution >= 4 is 5.91 Å². The smallest absolute Gasteiger partial charge is 0.471 e. The fourth-order valence-electron chi connectivity index (χ4n) is 3.47. The minimum Gasteiger partial charge on any atom is -0.480 e. The van der Waals surface area contributed by atoms with Crippen LogP contribution in [0.2, 0.25) is 0 Å². The molecular formula is C19H16F6N4O3. The molecule has 2 aliphatic rings.